The number of esters is 6. The van der Waals surface area contributed by atoms with E-state index in [4.69, 9.17) is 56.8 Å². The van der Waals surface area contributed by atoms with Crippen LogP contribution in [0.2, 0.25) is 0 Å². The Kier molecular flexibility index (Phi) is 18.6. The first-order valence-corrected chi connectivity index (χ1v) is 19.7. The average molecular weight is 819 g/mol. The molecule has 0 saturated carbocycles. The van der Waals surface area contributed by atoms with E-state index in [2.05, 4.69) is 0 Å². The Balaban J connectivity index is 1.51. The monoisotopic (exact) mass is 818 g/mol. The summed E-state index contributed by atoms with van der Waals surface area (Å²) >= 11 is 0. The summed E-state index contributed by atoms with van der Waals surface area (Å²) in [7, 11) is 0. The minimum Gasteiger partial charge on any atom is -0.462 e. The zero-order valence-electron chi connectivity index (χ0n) is 34.8. The molecule has 3 aliphatic rings. The SMILES string of the molecule is CC(CC(=O)OCC(COC(=O)CC(C)OC(=O)CC1(C)OCCC(C)O1)OC(=O)CC(C)OC(=O)CC1(C)OCCC(C)O1)OC(=O)CC1(C)OCCC(C)O1. The molecule has 3 rings (SSSR count). The largest absolute Gasteiger partial charge is 0.462 e. The molecule has 3 saturated heterocycles. The van der Waals surface area contributed by atoms with E-state index in [1.54, 1.807) is 20.8 Å². The molecule has 18 heteroatoms. The Morgan fingerprint density at radius 3 is 1.09 bits per heavy atom. The Labute approximate surface area is 334 Å². The highest BCUT2D eigenvalue weighted by atomic mass is 16.7. The first-order chi connectivity index (χ1) is 26.6. The predicted molar refractivity (Wildman–Crippen MR) is 195 cm³/mol. The Hall–Kier alpha value is -3.42. The zero-order valence-corrected chi connectivity index (χ0v) is 34.8. The van der Waals surface area contributed by atoms with Crippen LogP contribution in [-0.4, -0.2) is 129 Å². The molecule has 3 heterocycles. The first kappa shape index (κ1) is 48.0. The van der Waals surface area contributed by atoms with E-state index in [1.165, 1.54) is 20.8 Å². The van der Waals surface area contributed by atoms with Crippen molar-refractivity contribution in [3.8, 4) is 0 Å². The maximum Gasteiger partial charge on any atom is 0.311 e. The highest BCUT2D eigenvalue weighted by Crippen LogP contribution is 2.29. The van der Waals surface area contributed by atoms with Gasteiger partial charge in [-0.05, 0) is 81.6 Å². The number of carbonyl (C=O) groups excluding carboxylic acids is 6. The lowest BCUT2D eigenvalue weighted by Gasteiger charge is -2.36. The lowest BCUT2D eigenvalue weighted by Crippen LogP contribution is -2.43. The van der Waals surface area contributed by atoms with Gasteiger partial charge in [0.15, 0.2) is 23.5 Å². The molecule has 326 valence electrons. The van der Waals surface area contributed by atoms with Crippen LogP contribution in [0.25, 0.3) is 0 Å². The second-order valence-electron chi connectivity index (χ2n) is 15.6. The number of carbonyl (C=O) groups is 6. The Morgan fingerprint density at radius 1 is 0.491 bits per heavy atom. The molecule has 0 spiro atoms. The van der Waals surface area contributed by atoms with Crippen LogP contribution < -0.4 is 0 Å². The van der Waals surface area contributed by atoms with Gasteiger partial charge < -0.3 is 56.8 Å². The summed E-state index contributed by atoms with van der Waals surface area (Å²) < 4.78 is 66.3. The fourth-order valence-corrected chi connectivity index (χ4v) is 6.41. The lowest BCUT2D eigenvalue weighted by molar-refractivity contribution is -0.283. The lowest BCUT2D eigenvalue weighted by atomic mass is 10.1. The number of ether oxygens (including phenoxy) is 12. The second-order valence-corrected chi connectivity index (χ2v) is 15.6. The van der Waals surface area contributed by atoms with Crippen LogP contribution in [0.4, 0.5) is 0 Å². The van der Waals surface area contributed by atoms with E-state index < -0.39 is 90.8 Å². The summed E-state index contributed by atoms with van der Waals surface area (Å²) in [5.41, 5.74) is 0. The summed E-state index contributed by atoms with van der Waals surface area (Å²) in [4.78, 5) is 76.2. The van der Waals surface area contributed by atoms with Gasteiger partial charge in [0, 0.05) is 0 Å². The molecular weight excluding hydrogens is 756 g/mol. The third-order valence-electron chi connectivity index (χ3n) is 9.06. The highest BCUT2D eigenvalue weighted by molar-refractivity contribution is 5.75. The molecule has 0 aliphatic carbocycles. The molecule has 3 fully saturated rings. The van der Waals surface area contributed by atoms with Crippen LogP contribution in [0, 0.1) is 0 Å². The van der Waals surface area contributed by atoms with Crippen molar-refractivity contribution in [3.05, 3.63) is 0 Å². The van der Waals surface area contributed by atoms with Gasteiger partial charge in [-0.2, -0.15) is 0 Å². The van der Waals surface area contributed by atoms with Gasteiger partial charge in [-0.15, -0.1) is 0 Å². The van der Waals surface area contributed by atoms with Crippen LogP contribution in [0.5, 0.6) is 0 Å². The molecule has 0 radical (unpaired) electrons. The average Bonchev–Trinajstić information content (AvgIpc) is 3.04. The normalized spacial score (nSPS) is 29.7. The quantitative estimate of drug-likeness (QED) is 0.126. The molecule has 0 amide bonds. The van der Waals surface area contributed by atoms with E-state index in [9.17, 15) is 28.8 Å². The van der Waals surface area contributed by atoms with Crippen molar-refractivity contribution < 1.29 is 85.6 Å². The molecule has 0 aromatic rings. The van der Waals surface area contributed by atoms with Crippen LogP contribution in [-0.2, 0) is 85.6 Å². The van der Waals surface area contributed by atoms with Crippen molar-refractivity contribution >= 4 is 35.8 Å². The van der Waals surface area contributed by atoms with Gasteiger partial charge in [-0.25, -0.2) is 0 Å². The number of hydrogen-bond acceptors (Lipinski definition) is 18. The minimum atomic E-state index is -1.28. The van der Waals surface area contributed by atoms with Gasteiger partial charge in [-0.1, -0.05) is 0 Å². The first-order valence-electron chi connectivity index (χ1n) is 19.7. The van der Waals surface area contributed by atoms with Crippen LogP contribution in [0.15, 0.2) is 0 Å². The maximum atomic E-state index is 12.9. The third kappa shape index (κ3) is 18.4. The van der Waals surface area contributed by atoms with Crippen LogP contribution >= 0.6 is 0 Å². The van der Waals surface area contributed by atoms with Gasteiger partial charge in [0.05, 0.1) is 76.7 Å². The molecule has 0 aromatic carbocycles. The summed E-state index contributed by atoms with van der Waals surface area (Å²) in [5, 5.41) is 0. The summed E-state index contributed by atoms with van der Waals surface area (Å²) in [6, 6.07) is 0. The van der Waals surface area contributed by atoms with Gasteiger partial charge in [0.2, 0.25) is 0 Å². The minimum absolute atomic E-state index is 0.0942. The summed E-state index contributed by atoms with van der Waals surface area (Å²) in [6.07, 6.45) is -3.81. The van der Waals surface area contributed by atoms with Crippen molar-refractivity contribution in [3.63, 3.8) is 0 Å². The van der Waals surface area contributed by atoms with E-state index in [-0.39, 0.29) is 56.8 Å². The van der Waals surface area contributed by atoms with E-state index in [1.807, 2.05) is 20.8 Å². The third-order valence-corrected chi connectivity index (χ3v) is 9.06. The smallest absolute Gasteiger partial charge is 0.311 e. The topological polar surface area (TPSA) is 213 Å². The maximum absolute atomic E-state index is 12.9. The standard InChI is InChI=1S/C39H62O18/c1-24-10-13-48-37(7,55-24)19-34(43)51-27(4)16-31(40)46-22-30(54-33(42)18-29(6)53-36(45)21-39(9)50-15-12-26(3)57-39)23-47-32(41)17-28(5)52-35(44)20-38(8)49-14-11-25(2)56-38/h24-30H,10-23H2,1-9H3. The highest BCUT2D eigenvalue weighted by Gasteiger charge is 2.38. The van der Waals surface area contributed by atoms with Gasteiger partial charge in [-0.3, -0.25) is 28.8 Å². The van der Waals surface area contributed by atoms with Crippen molar-refractivity contribution in [1.29, 1.82) is 0 Å². The van der Waals surface area contributed by atoms with Crippen LogP contribution in [0.1, 0.15) is 120 Å². The molecule has 0 N–H and O–H groups in total. The predicted octanol–water partition coefficient (Wildman–Crippen LogP) is 3.75. The zero-order chi connectivity index (χ0) is 42.4. The Bertz CT molecular complexity index is 1300. The van der Waals surface area contributed by atoms with Crippen molar-refractivity contribution in [2.24, 2.45) is 0 Å². The van der Waals surface area contributed by atoms with E-state index in [0.717, 1.165) is 0 Å². The summed E-state index contributed by atoms with van der Waals surface area (Å²) in [6.45, 7) is 15.3. The molecule has 0 aromatic heterocycles. The van der Waals surface area contributed by atoms with Crippen LogP contribution in [0.3, 0.4) is 0 Å². The van der Waals surface area contributed by atoms with Gasteiger partial charge in [0.1, 0.15) is 31.5 Å². The number of hydrogen-bond donors (Lipinski definition) is 0. The van der Waals surface area contributed by atoms with E-state index in [0.29, 0.717) is 39.1 Å². The van der Waals surface area contributed by atoms with E-state index >= 15 is 0 Å². The van der Waals surface area contributed by atoms with Gasteiger partial charge >= 0.3 is 35.8 Å². The molecule has 57 heavy (non-hydrogen) atoms. The molecule has 18 nitrogen and oxygen atoms in total. The summed E-state index contributed by atoms with van der Waals surface area (Å²) in [5.74, 6) is -7.81. The molecular formula is C39H62O18. The molecule has 9 atom stereocenters. The fraction of sp³-hybridized carbons (Fsp3) is 0.846. The number of rotatable bonds is 20. The van der Waals surface area contributed by atoms with Crippen molar-refractivity contribution in [1.82, 2.24) is 0 Å². The molecule has 0 bridgehead atoms. The second kappa shape index (κ2) is 22.1. The molecule has 3 aliphatic heterocycles. The van der Waals surface area contributed by atoms with Gasteiger partial charge in [0.25, 0.3) is 0 Å². The van der Waals surface area contributed by atoms with Crippen molar-refractivity contribution in [2.45, 2.75) is 180 Å². The van der Waals surface area contributed by atoms with Crippen molar-refractivity contribution in [2.75, 3.05) is 33.0 Å². The fourth-order valence-electron chi connectivity index (χ4n) is 6.41. The Morgan fingerprint density at radius 2 is 0.789 bits per heavy atom. The molecule has 9 unspecified atom stereocenters.